The van der Waals surface area contributed by atoms with E-state index in [-0.39, 0.29) is 17.7 Å². The van der Waals surface area contributed by atoms with Gasteiger partial charge >= 0.3 is 0 Å². The van der Waals surface area contributed by atoms with Crippen molar-refractivity contribution in [2.75, 3.05) is 13.7 Å². The summed E-state index contributed by atoms with van der Waals surface area (Å²) in [6.07, 6.45) is 2.57. The summed E-state index contributed by atoms with van der Waals surface area (Å²) in [7, 11) is 1.62. The van der Waals surface area contributed by atoms with E-state index in [1.807, 2.05) is 37.3 Å². The van der Waals surface area contributed by atoms with Crippen LogP contribution >= 0.6 is 0 Å². The zero-order valence-electron chi connectivity index (χ0n) is 15.3. The lowest BCUT2D eigenvalue weighted by atomic mass is 10.1. The molecule has 7 nitrogen and oxygen atoms in total. The van der Waals surface area contributed by atoms with Crippen LogP contribution in [0.2, 0.25) is 0 Å². The second-order valence-corrected chi connectivity index (χ2v) is 6.54. The van der Waals surface area contributed by atoms with E-state index in [1.165, 1.54) is 0 Å². The summed E-state index contributed by atoms with van der Waals surface area (Å²) < 4.78 is 16.0. The number of ether oxygens (including phenoxy) is 1. The number of nitrogens with zero attached hydrogens (tertiary/aromatic N) is 3. The van der Waals surface area contributed by atoms with Gasteiger partial charge in [-0.2, -0.15) is 0 Å². The van der Waals surface area contributed by atoms with E-state index in [0.29, 0.717) is 12.2 Å². The summed E-state index contributed by atoms with van der Waals surface area (Å²) >= 11 is 0. The minimum absolute atomic E-state index is 0.111. The van der Waals surface area contributed by atoms with Crippen molar-refractivity contribution in [1.29, 1.82) is 0 Å². The van der Waals surface area contributed by atoms with Gasteiger partial charge in [0.2, 0.25) is 5.76 Å². The van der Waals surface area contributed by atoms with Gasteiger partial charge in [-0.15, -0.1) is 0 Å². The number of likely N-dealkylation sites (tertiary alicyclic amines) is 1. The van der Waals surface area contributed by atoms with Crippen molar-refractivity contribution in [2.24, 2.45) is 0 Å². The van der Waals surface area contributed by atoms with Gasteiger partial charge < -0.3 is 18.7 Å². The van der Waals surface area contributed by atoms with Crippen molar-refractivity contribution in [3.05, 3.63) is 53.6 Å². The first-order valence-electron chi connectivity index (χ1n) is 9.07. The highest BCUT2D eigenvalue weighted by molar-refractivity contribution is 5.92. The standard InChI is InChI=1S/C20H21N3O4/c1-3-14-11-18(26-21-14)17-5-4-10-23(17)20(24)19-12-16(22-27-19)13-6-8-15(25-2)9-7-13/h6-9,11-12,17H,3-5,10H2,1-2H3. The maximum Gasteiger partial charge on any atom is 0.293 e. The van der Waals surface area contributed by atoms with E-state index in [9.17, 15) is 4.79 Å². The molecule has 7 heteroatoms. The molecule has 1 unspecified atom stereocenters. The quantitative estimate of drug-likeness (QED) is 0.681. The molecule has 3 heterocycles. The van der Waals surface area contributed by atoms with Crippen LogP contribution in [0.25, 0.3) is 11.3 Å². The number of amides is 1. The first-order valence-corrected chi connectivity index (χ1v) is 9.07. The Morgan fingerprint density at radius 1 is 1.22 bits per heavy atom. The normalized spacial score (nSPS) is 16.7. The van der Waals surface area contributed by atoms with Crippen LogP contribution in [0.4, 0.5) is 0 Å². The van der Waals surface area contributed by atoms with Gasteiger partial charge in [0.15, 0.2) is 5.76 Å². The molecule has 1 aliphatic heterocycles. The summed E-state index contributed by atoms with van der Waals surface area (Å²) in [4.78, 5) is 14.7. The van der Waals surface area contributed by atoms with Crippen LogP contribution in [-0.2, 0) is 6.42 Å². The van der Waals surface area contributed by atoms with Crippen LogP contribution in [0.15, 0.2) is 45.4 Å². The molecule has 0 N–H and O–H groups in total. The molecule has 1 amide bonds. The average molecular weight is 367 g/mol. The molecule has 0 bridgehead atoms. The number of aryl methyl sites for hydroxylation is 1. The van der Waals surface area contributed by atoms with Gasteiger partial charge in [-0.05, 0) is 43.5 Å². The minimum atomic E-state index is -0.181. The molecule has 0 radical (unpaired) electrons. The van der Waals surface area contributed by atoms with Gasteiger partial charge in [-0.1, -0.05) is 17.2 Å². The molecule has 1 aliphatic rings. The Morgan fingerprint density at radius 3 is 2.74 bits per heavy atom. The third-order valence-electron chi connectivity index (χ3n) is 4.89. The van der Waals surface area contributed by atoms with Crippen LogP contribution in [0.3, 0.4) is 0 Å². The fraction of sp³-hybridized carbons (Fsp3) is 0.350. The van der Waals surface area contributed by atoms with E-state index in [4.69, 9.17) is 13.8 Å². The molecule has 1 fully saturated rings. The molecule has 2 aromatic heterocycles. The lowest BCUT2D eigenvalue weighted by Gasteiger charge is -2.20. The van der Waals surface area contributed by atoms with E-state index < -0.39 is 0 Å². The van der Waals surface area contributed by atoms with Gasteiger partial charge in [0, 0.05) is 24.2 Å². The maximum atomic E-state index is 13.0. The van der Waals surface area contributed by atoms with Crippen molar-refractivity contribution in [2.45, 2.75) is 32.2 Å². The maximum absolute atomic E-state index is 13.0. The molecular formula is C20H21N3O4. The number of hydrogen-bond acceptors (Lipinski definition) is 6. The third-order valence-corrected chi connectivity index (χ3v) is 4.89. The highest BCUT2D eigenvalue weighted by Crippen LogP contribution is 2.34. The summed E-state index contributed by atoms with van der Waals surface area (Å²) in [5.41, 5.74) is 2.37. The first-order chi connectivity index (χ1) is 13.2. The predicted octanol–water partition coefficient (Wildman–Crippen LogP) is 3.88. The first kappa shape index (κ1) is 17.3. The summed E-state index contributed by atoms with van der Waals surface area (Å²) in [6, 6.07) is 10.9. The molecule has 1 saturated heterocycles. The summed E-state index contributed by atoms with van der Waals surface area (Å²) in [5.74, 6) is 1.53. The minimum Gasteiger partial charge on any atom is -0.497 e. The van der Waals surface area contributed by atoms with E-state index in [2.05, 4.69) is 10.3 Å². The second kappa shape index (κ2) is 7.26. The number of carbonyl (C=O) groups excluding carboxylic acids is 1. The molecule has 1 atom stereocenters. The molecule has 27 heavy (non-hydrogen) atoms. The number of hydrogen-bond donors (Lipinski definition) is 0. The molecule has 0 saturated carbocycles. The molecular weight excluding hydrogens is 346 g/mol. The Hall–Kier alpha value is -3.09. The Bertz CT molecular complexity index is 929. The van der Waals surface area contributed by atoms with E-state index in [1.54, 1.807) is 18.1 Å². The number of carbonyl (C=O) groups is 1. The highest BCUT2D eigenvalue weighted by atomic mass is 16.5. The number of benzene rings is 1. The number of aromatic nitrogens is 2. The zero-order chi connectivity index (χ0) is 18.8. The van der Waals surface area contributed by atoms with Gasteiger partial charge in [0.1, 0.15) is 11.4 Å². The molecule has 140 valence electrons. The Morgan fingerprint density at radius 2 is 2.04 bits per heavy atom. The van der Waals surface area contributed by atoms with Crippen LogP contribution < -0.4 is 4.74 Å². The number of methoxy groups -OCH3 is 1. The van der Waals surface area contributed by atoms with Gasteiger partial charge in [0.25, 0.3) is 5.91 Å². The second-order valence-electron chi connectivity index (χ2n) is 6.54. The third kappa shape index (κ3) is 3.32. The van der Waals surface area contributed by atoms with Gasteiger partial charge in [-0.3, -0.25) is 4.79 Å². The predicted molar refractivity (Wildman–Crippen MR) is 97.4 cm³/mol. The molecule has 4 rings (SSSR count). The van der Waals surface area contributed by atoms with Crippen molar-refractivity contribution in [3.63, 3.8) is 0 Å². The summed E-state index contributed by atoms with van der Waals surface area (Å²) in [6.45, 7) is 2.68. The average Bonchev–Trinajstić information content (AvgIpc) is 3.47. The monoisotopic (exact) mass is 367 g/mol. The van der Waals surface area contributed by atoms with Crippen LogP contribution in [0.5, 0.6) is 5.75 Å². The SMILES string of the molecule is CCc1cc(C2CCCN2C(=O)c2cc(-c3ccc(OC)cc3)no2)on1. The lowest BCUT2D eigenvalue weighted by molar-refractivity contribution is 0.0672. The smallest absolute Gasteiger partial charge is 0.293 e. The summed E-state index contributed by atoms with van der Waals surface area (Å²) in [5, 5.41) is 8.10. The molecule has 1 aromatic carbocycles. The van der Waals surface area contributed by atoms with Gasteiger partial charge in [-0.25, -0.2) is 0 Å². The van der Waals surface area contributed by atoms with E-state index in [0.717, 1.165) is 42.0 Å². The molecule has 0 aliphatic carbocycles. The van der Waals surface area contributed by atoms with Crippen LogP contribution in [0, 0.1) is 0 Å². The zero-order valence-corrected chi connectivity index (χ0v) is 15.3. The van der Waals surface area contributed by atoms with E-state index >= 15 is 0 Å². The fourth-order valence-electron chi connectivity index (χ4n) is 3.37. The fourth-order valence-corrected chi connectivity index (χ4v) is 3.37. The molecule has 0 spiro atoms. The topological polar surface area (TPSA) is 81.6 Å². The lowest BCUT2D eigenvalue weighted by Crippen LogP contribution is -2.30. The largest absolute Gasteiger partial charge is 0.497 e. The highest BCUT2D eigenvalue weighted by Gasteiger charge is 2.35. The van der Waals surface area contributed by atoms with Crippen molar-refractivity contribution in [3.8, 4) is 17.0 Å². The Balaban J connectivity index is 1.54. The van der Waals surface area contributed by atoms with Gasteiger partial charge in [0.05, 0.1) is 18.8 Å². The Labute approximate surface area is 156 Å². The van der Waals surface area contributed by atoms with Crippen molar-refractivity contribution in [1.82, 2.24) is 15.2 Å². The van der Waals surface area contributed by atoms with Crippen molar-refractivity contribution < 1.29 is 18.6 Å². The van der Waals surface area contributed by atoms with Crippen LogP contribution in [0.1, 0.15) is 47.8 Å². The number of rotatable bonds is 5. The van der Waals surface area contributed by atoms with Crippen molar-refractivity contribution >= 4 is 5.91 Å². The van der Waals surface area contributed by atoms with Crippen LogP contribution in [-0.4, -0.2) is 34.8 Å². The molecule has 3 aromatic rings. The Kier molecular flexibility index (Phi) is 4.66.